The largest absolute Gasteiger partial charge is 0.330 e. The number of rotatable bonds is 2. The van der Waals surface area contributed by atoms with E-state index < -0.39 is 0 Å². The Morgan fingerprint density at radius 2 is 2.36 bits per heavy atom. The minimum Gasteiger partial charge on any atom is -0.330 e. The van der Waals surface area contributed by atoms with Gasteiger partial charge in [0, 0.05) is 17.8 Å². The molecule has 0 saturated heterocycles. The molecule has 14 heavy (non-hydrogen) atoms. The molecule has 2 N–H and O–H groups in total. The van der Waals surface area contributed by atoms with Gasteiger partial charge in [0.2, 0.25) is 0 Å². The van der Waals surface area contributed by atoms with E-state index in [0.717, 1.165) is 25.2 Å². The lowest BCUT2D eigenvalue weighted by Crippen LogP contribution is -2.18. The Bertz CT molecular complexity index is 322. The van der Waals surface area contributed by atoms with Gasteiger partial charge in [-0.2, -0.15) is 0 Å². The Labute approximate surface area is 84.8 Å². The molecule has 1 aromatic heterocycles. The Kier molecular flexibility index (Phi) is 2.77. The maximum Gasteiger partial charge on any atom is 0.115 e. The van der Waals surface area contributed by atoms with Crippen molar-refractivity contribution in [2.24, 2.45) is 11.7 Å². The van der Waals surface area contributed by atoms with Gasteiger partial charge in [0.25, 0.3) is 0 Å². The van der Waals surface area contributed by atoms with Gasteiger partial charge in [0.15, 0.2) is 0 Å². The molecule has 2 rings (SSSR count). The highest BCUT2D eigenvalue weighted by Gasteiger charge is 2.19. The maximum absolute atomic E-state index is 5.57. The molecule has 1 atom stereocenters. The number of fused-ring (bicyclic) bond motifs is 1. The third-order valence-corrected chi connectivity index (χ3v) is 2.93. The van der Waals surface area contributed by atoms with E-state index in [4.69, 9.17) is 5.73 Å². The van der Waals surface area contributed by atoms with Crippen LogP contribution in [0, 0.1) is 5.92 Å². The van der Waals surface area contributed by atoms with Gasteiger partial charge in [0.05, 0.1) is 0 Å². The minimum absolute atomic E-state index is 0.678. The van der Waals surface area contributed by atoms with Crippen LogP contribution in [0.4, 0.5) is 0 Å². The van der Waals surface area contributed by atoms with E-state index in [1.165, 1.54) is 23.4 Å². The first-order valence-electron chi connectivity index (χ1n) is 5.33. The van der Waals surface area contributed by atoms with Crippen molar-refractivity contribution in [3.05, 3.63) is 23.3 Å². The fourth-order valence-electron chi connectivity index (χ4n) is 2.13. The van der Waals surface area contributed by atoms with Gasteiger partial charge in [-0.3, -0.25) is 0 Å². The molecule has 0 aliphatic heterocycles. The van der Waals surface area contributed by atoms with E-state index in [1.54, 1.807) is 6.33 Å². The van der Waals surface area contributed by atoms with Crippen LogP contribution in [0.5, 0.6) is 0 Å². The molecule has 1 aliphatic rings. The van der Waals surface area contributed by atoms with Crippen molar-refractivity contribution in [1.82, 2.24) is 9.97 Å². The van der Waals surface area contributed by atoms with Crippen molar-refractivity contribution in [1.29, 1.82) is 0 Å². The van der Waals surface area contributed by atoms with Crippen LogP contribution in [0.1, 0.15) is 30.3 Å². The molecular formula is C11H17N3. The predicted molar refractivity (Wildman–Crippen MR) is 56.0 cm³/mol. The summed E-state index contributed by atoms with van der Waals surface area (Å²) in [5.74, 6) is 0.769. The van der Waals surface area contributed by atoms with Crippen LogP contribution < -0.4 is 5.73 Å². The molecular weight excluding hydrogens is 174 g/mol. The second kappa shape index (κ2) is 4.05. The molecule has 0 saturated carbocycles. The zero-order valence-corrected chi connectivity index (χ0v) is 8.66. The Balaban J connectivity index is 2.33. The van der Waals surface area contributed by atoms with E-state index in [2.05, 4.69) is 16.9 Å². The lowest BCUT2D eigenvalue weighted by molar-refractivity contribution is 0.488. The molecule has 76 valence electrons. The standard InChI is InChI=1S/C11H17N3/c1-8-2-3-10-9(6-8)11(4-5-12)14-7-13-10/h7-8H,2-6,12H2,1H3. The second-order valence-corrected chi connectivity index (χ2v) is 4.13. The van der Waals surface area contributed by atoms with Gasteiger partial charge in [-0.1, -0.05) is 6.92 Å². The molecule has 1 unspecified atom stereocenters. The zero-order chi connectivity index (χ0) is 9.97. The molecule has 1 heterocycles. The third-order valence-electron chi connectivity index (χ3n) is 2.93. The SMILES string of the molecule is CC1CCc2ncnc(CCN)c2C1. The Hall–Kier alpha value is -0.960. The van der Waals surface area contributed by atoms with Crippen LogP contribution in [0.15, 0.2) is 6.33 Å². The average molecular weight is 191 g/mol. The quantitative estimate of drug-likeness (QED) is 0.761. The number of hydrogen-bond acceptors (Lipinski definition) is 3. The van der Waals surface area contributed by atoms with Crippen molar-refractivity contribution >= 4 is 0 Å². The highest BCUT2D eigenvalue weighted by molar-refractivity contribution is 5.27. The van der Waals surface area contributed by atoms with E-state index in [-0.39, 0.29) is 0 Å². The molecule has 0 aromatic carbocycles. The van der Waals surface area contributed by atoms with Crippen LogP contribution >= 0.6 is 0 Å². The summed E-state index contributed by atoms with van der Waals surface area (Å²) in [6.07, 6.45) is 6.06. The normalized spacial score (nSPS) is 20.6. The average Bonchev–Trinajstić information content (AvgIpc) is 2.19. The fraction of sp³-hybridized carbons (Fsp3) is 0.636. The van der Waals surface area contributed by atoms with Gasteiger partial charge in [-0.25, -0.2) is 9.97 Å². The summed E-state index contributed by atoms with van der Waals surface area (Å²) in [7, 11) is 0. The molecule has 0 amide bonds. The molecule has 0 spiro atoms. The molecule has 0 fully saturated rings. The van der Waals surface area contributed by atoms with Gasteiger partial charge in [0.1, 0.15) is 6.33 Å². The highest BCUT2D eigenvalue weighted by atomic mass is 14.8. The third kappa shape index (κ3) is 1.77. The number of aromatic nitrogens is 2. The van der Waals surface area contributed by atoms with Crippen LogP contribution in [-0.2, 0) is 19.3 Å². The Morgan fingerprint density at radius 1 is 1.50 bits per heavy atom. The first-order valence-corrected chi connectivity index (χ1v) is 5.33. The summed E-state index contributed by atoms with van der Waals surface area (Å²) in [4.78, 5) is 8.67. The first kappa shape index (κ1) is 9.59. The number of nitrogens with two attached hydrogens (primary N) is 1. The minimum atomic E-state index is 0.678. The summed E-state index contributed by atoms with van der Waals surface area (Å²) >= 11 is 0. The van der Waals surface area contributed by atoms with E-state index in [0.29, 0.717) is 6.54 Å². The predicted octanol–water partition coefficient (Wildman–Crippen LogP) is 1.10. The molecule has 0 bridgehead atoms. The molecule has 1 aliphatic carbocycles. The first-order chi connectivity index (χ1) is 6.81. The number of aryl methyl sites for hydroxylation is 1. The van der Waals surface area contributed by atoms with Gasteiger partial charge in [-0.05, 0) is 37.3 Å². The summed E-state index contributed by atoms with van der Waals surface area (Å²) in [5.41, 5.74) is 9.36. The lowest BCUT2D eigenvalue weighted by Gasteiger charge is -2.22. The lowest BCUT2D eigenvalue weighted by atomic mass is 9.86. The van der Waals surface area contributed by atoms with Crippen LogP contribution in [0.25, 0.3) is 0 Å². The summed E-state index contributed by atoms with van der Waals surface area (Å²) < 4.78 is 0. The smallest absolute Gasteiger partial charge is 0.115 e. The maximum atomic E-state index is 5.57. The molecule has 1 aromatic rings. The summed E-state index contributed by atoms with van der Waals surface area (Å²) in [5, 5.41) is 0. The Morgan fingerprint density at radius 3 is 3.14 bits per heavy atom. The molecule has 3 nitrogen and oxygen atoms in total. The van der Waals surface area contributed by atoms with Gasteiger partial charge >= 0.3 is 0 Å². The number of hydrogen-bond donors (Lipinski definition) is 1. The van der Waals surface area contributed by atoms with Crippen molar-refractivity contribution in [2.75, 3.05) is 6.54 Å². The summed E-state index contributed by atoms with van der Waals surface area (Å²) in [6.45, 7) is 2.97. The van der Waals surface area contributed by atoms with Crippen molar-refractivity contribution < 1.29 is 0 Å². The monoisotopic (exact) mass is 191 g/mol. The zero-order valence-electron chi connectivity index (χ0n) is 8.66. The van der Waals surface area contributed by atoms with Crippen LogP contribution in [0.2, 0.25) is 0 Å². The summed E-state index contributed by atoms with van der Waals surface area (Å²) in [6, 6.07) is 0. The molecule has 0 radical (unpaired) electrons. The van der Waals surface area contributed by atoms with Crippen molar-refractivity contribution in [2.45, 2.75) is 32.6 Å². The van der Waals surface area contributed by atoms with E-state index in [1.807, 2.05) is 0 Å². The second-order valence-electron chi connectivity index (χ2n) is 4.13. The van der Waals surface area contributed by atoms with E-state index >= 15 is 0 Å². The van der Waals surface area contributed by atoms with Crippen LogP contribution in [0.3, 0.4) is 0 Å². The van der Waals surface area contributed by atoms with Crippen molar-refractivity contribution in [3.63, 3.8) is 0 Å². The van der Waals surface area contributed by atoms with E-state index in [9.17, 15) is 0 Å². The molecule has 3 heteroatoms. The van der Waals surface area contributed by atoms with Crippen LogP contribution in [-0.4, -0.2) is 16.5 Å². The highest BCUT2D eigenvalue weighted by Crippen LogP contribution is 2.25. The fourth-order valence-corrected chi connectivity index (χ4v) is 2.13. The van der Waals surface area contributed by atoms with Gasteiger partial charge < -0.3 is 5.73 Å². The van der Waals surface area contributed by atoms with Crippen molar-refractivity contribution in [3.8, 4) is 0 Å². The topological polar surface area (TPSA) is 51.8 Å². The number of nitrogens with zero attached hydrogens (tertiary/aromatic N) is 2. The van der Waals surface area contributed by atoms with Gasteiger partial charge in [-0.15, -0.1) is 0 Å².